The standard InChI is InChI=1S/C29H28N4O5/c34-25-16-21(19-11-5-2-6-12-19)31-28-29(37,20-13-7-8-14-23(20)32(25)28)17-24-26(35)30-22(27(36)33(24)38)15-18-9-3-1-4-10-18/h1-14,21-22,24,28,31,37-38H,15-17H2,(H,30,35)/t21-,22-,24-,28+,29+/m0/s1. The maximum absolute atomic E-state index is 13.4. The number of piperazine rings is 1. The second-order valence-electron chi connectivity index (χ2n) is 10.1. The van der Waals surface area contributed by atoms with Gasteiger partial charge in [0, 0.05) is 30.9 Å². The van der Waals surface area contributed by atoms with Crippen LogP contribution in [0.1, 0.15) is 35.6 Å². The predicted octanol–water partition coefficient (Wildman–Crippen LogP) is 2.00. The monoisotopic (exact) mass is 512 g/mol. The topological polar surface area (TPSA) is 122 Å². The number of rotatable bonds is 5. The predicted molar refractivity (Wildman–Crippen MR) is 138 cm³/mol. The van der Waals surface area contributed by atoms with Gasteiger partial charge >= 0.3 is 0 Å². The molecule has 9 heteroatoms. The van der Waals surface area contributed by atoms with E-state index in [1.54, 1.807) is 24.3 Å². The maximum atomic E-state index is 13.4. The van der Waals surface area contributed by atoms with Gasteiger partial charge in [-0.1, -0.05) is 78.9 Å². The highest BCUT2D eigenvalue weighted by Gasteiger charge is 2.57. The van der Waals surface area contributed by atoms with Crippen LogP contribution < -0.4 is 15.5 Å². The van der Waals surface area contributed by atoms with E-state index in [9.17, 15) is 24.7 Å². The van der Waals surface area contributed by atoms with Gasteiger partial charge in [0.15, 0.2) is 0 Å². The summed E-state index contributed by atoms with van der Waals surface area (Å²) in [5.74, 6) is -1.39. The van der Waals surface area contributed by atoms with Gasteiger partial charge in [-0.15, -0.1) is 0 Å². The highest BCUT2D eigenvalue weighted by molar-refractivity contribution is 5.99. The van der Waals surface area contributed by atoms with Crippen molar-refractivity contribution in [1.29, 1.82) is 0 Å². The van der Waals surface area contributed by atoms with Crippen molar-refractivity contribution in [3.63, 3.8) is 0 Å². The van der Waals surface area contributed by atoms with Crippen LogP contribution in [0.25, 0.3) is 0 Å². The maximum Gasteiger partial charge on any atom is 0.269 e. The van der Waals surface area contributed by atoms with Gasteiger partial charge in [-0.25, -0.2) is 5.06 Å². The molecule has 0 aromatic heterocycles. The largest absolute Gasteiger partial charge is 0.381 e. The average molecular weight is 513 g/mol. The average Bonchev–Trinajstić information content (AvgIpc) is 3.19. The van der Waals surface area contributed by atoms with Crippen molar-refractivity contribution in [3.8, 4) is 0 Å². The molecule has 3 aliphatic rings. The van der Waals surface area contributed by atoms with Crippen molar-refractivity contribution < 1.29 is 24.7 Å². The van der Waals surface area contributed by atoms with E-state index >= 15 is 0 Å². The molecular weight excluding hydrogens is 484 g/mol. The zero-order valence-electron chi connectivity index (χ0n) is 20.5. The van der Waals surface area contributed by atoms with Crippen LogP contribution in [0.4, 0.5) is 5.69 Å². The minimum atomic E-state index is -1.75. The van der Waals surface area contributed by atoms with Crippen molar-refractivity contribution in [2.45, 2.75) is 49.2 Å². The number of fused-ring (bicyclic) bond motifs is 3. The second-order valence-corrected chi connectivity index (χ2v) is 10.1. The molecule has 0 spiro atoms. The number of carbonyl (C=O) groups excluding carboxylic acids is 3. The number of aliphatic hydroxyl groups is 1. The summed E-state index contributed by atoms with van der Waals surface area (Å²) in [6, 6.07) is 23.1. The van der Waals surface area contributed by atoms with Crippen LogP contribution in [-0.2, 0) is 26.4 Å². The molecule has 2 saturated heterocycles. The number of nitrogens with one attached hydrogen (secondary N) is 2. The zero-order valence-corrected chi connectivity index (χ0v) is 20.5. The van der Waals surface area contributed by atoms with Gasteiger partial charge in [-0.05, 0) is 17.2 Å². The molecule has 0 bridgehead atoms. The van der Waals surface area contributed by atoms with Crippen molar-refractivity contribution in [3.05, 3.63) is 102 Å². The lowest BCUT2D eigenvalue weighted by atomic mass is 9.84. The lowest BCUT2D eigenvalue weighted by Gasteiger charge is -2.44. The Bertz CT molecular complexity index is 1380. The van der Waals surface area contributed by atoms with Gasteiger partial charge in [-0.2, -0.15) is 0 Å². The Labute approximate surface area is 219 Å². The zero-order chi connectivity index (χ0) is 26.4. The summed E-state index contributed by atoms with van der Waals surface area (Å²) in [7, 11) is 0. The molecule has 3 amide bonds. The number of para-hydroxylation sites is 1. The van der Waals surface area contributed by atoms with Crippen molar-refractivity contribution in [2.24, 2.45) is 0 Å². The van der Waals surface area contributed by atoms with Crippen molar-refractivity contribution >= 4 is 23.4 Å². The summed E-state index contributed by atoms with van der Waals surface area (Å²) in [6.45, 7) is 0. The van der Waals surface area contributed by atoms with Crippen LogP contribution in [-0.4, -0.2) is 51.3 Å². The molecule has 3 aromatic carbocycles. The third-order valence-electron chi connectivity index (χ3n) is 7.77. The lowest BCUT2D eigenvalue weighted by Crippen LogP contribution is -2.66. The molecule has 38 heavy (non-hydrogen) atoms. The number of carbonyl (C=O) groups is 3. The van der Waals surface area contributed by atoms with Crippen LogP contribution in [0, 0.1) is 0 Å². The normalized spacial score (nSPS) is 28.6. The van der Waals surface area contributed by atoms with E-state index in [0.29, 0.717) is 16.3 Å². The molecule has 0 aliphatic carbocycles. The Kier molecular flexibility index (Phi) is 5.98. The van der Waals surface area contributed by atoms with Crippen molar-refractivity contribution in [1.82, 2.24) is 15.7 Å². The third-order valence-corrected chi connectivity index (χ3v) is 7.77. The summed E-state index contributed by atoms with van der Waals surface area (Å²) < 4.78 is 0. The fourth-order valence-corrected chi connectivity index (χ4v) is 5.90. The van der Waals surface area contributed by atoms with Gasteiger partial charge in [0.25, 0.3) is 5.91 Å². The second kappa shape index (κ2) is 9.36. The summed E-state index contributed by atoms with van der Waals surface area (Å²) in [6.07, 6.45) is -0.780. The highest BCUT2D eigenvalue weighted by atomic mass is 16.5. The molecule has 2 fully saturated rings. The molecule has 9 nitrogen and oxygen atoms in total. The minimum absolute atomic E-state index is 0.168. The van der Waals surface area contributed by atoms with E-state index in [0.717, 1.165) is 11.1 Å². The first-order valence-corrected chi connectivity index (χ1v) is 12.7. The Morgan fingerprint density at radius 2 is 1.55 bits per heavy atom. The van der Waals surface area contributed by atoms with Crippen LogP contribution in [0.5, 0.6) is 0 Å². The first-order valence-electron chi connectivity index (χ1n) is 12.7. The number of anilines is 1. The van der Waals surface area contributed by atoms with Gasteiger partial charge < -0.3 is 10.4 Å². The lowest BCUT2D eigenvalue weighted by molar-refractivity contribution is -0.195. The number of hydrogen-bond acceptors (Lipinski definition) is 6. The van der Waals surface area contributed by atoms with Gasteiger partial charge in [0.05, 0.1) is 5.69 Å². The van der Waals surface area contributed by atoms with E-state index in [1.165, 1.54) is 4.90 Å². The van der Waals surface area contributed by atoms with Gasteiger partial charge in [0.1, 0.15) is 23.9 Å². The number of hydroxylamine groups is 2. The molecule has 0 radical (unpaired) electrons. The quantitative estimate of drug-likeness (QED) is 0.388. The van der Waals surface area contributed by atoms with Crippen LogP contribution in [0.3, 0.4) is 0 Å². The molecule has 3 aromatic rings. The summed E-state index contributed by atoms with van der Waals surface area (Å²) >= 11 is 0. The number of benzene rings is 3. The van der Waals surface area contributed by atoms with E-state index in [1.807, 2.05) is 60.7 Å². The first-order chi connectivity index (χ1) is 18.4. The minimum Gasteiger partial charge on any atom is -0.381 e. The van der Waals surface area contributed by atoms with Crippen LogP contribution >= 0.6 is 0 Å². The van der Waals surface area contributed by atoms with E-state index in [2.05, 4.69) is 10.6 Å². The smallest absolute Gasteiger partial charge is 0.269 e. The van der Waals surface area contributed by atoms with Gasteiger partial charge in [0.2, 0.25) is 11.8 Å². The summed E-state index contributed by atoms with van der Waals surface area (Å²) in [4.78, 5) is 41.2. The van der Waals surface area contributed by atoms with Crippen LogP contribution in [0.2, 0.25) is 0 Å². The van der Waals surface area contributed by atoms with E-state index in [4.69, 9.17) is 0 Å². The molecule has 0 saturated carbocycles. The summed E-state index contributed by atoms with van der Waals surface area (Å²) in [5.41, 5.74) is 0.985. The number of hydrogen-bond donors (Lipinski definition) is 4. The fraction of sp³-hybridized carbons (Fsp3) is 0.276. The van der Waals surface area contributed by atoms with E-state index < -0.39 is 35.7 Å². The summed E-state index contributed by atoms with van der Waals surface area (Å²) in [5, 5.41) is 29.7. The molecule has 0 unspecified atom stereocenters. The van der Waals surface area contributed by atoms with Crippen LogP contribution in [0.15, 0.2) is 84.9 Å². The number of amides is 3. The Balaban J connectivity index is 1.30. The molecule has 4 N–H and O–H groups in total. The Morgan fingerprint density at radius 1 is 0.895 bits per heavy atom. The SMILES string of the molecule is O=C1N[C@@H](Cc2ccccc2)C(=O)N(O)[C@H]1C[C@@]1(O)c2ccccc2N2C(=O)C[C@@H](c3ccccc3)N[C@H]21. The molecular formula is C29H28N4O5. The molecule has 3 aliphatic heterocycles. The molecule has 194 valence electrons. The van der Waals surface area contributed by atoms with Crippen molar-refractivity contribution in [2.75, 3.05) is 4.90 Å². The molecule has 5 atom stereocenters. The van der Waals surface area contributed by atoms with Gasteiger partial charge in [-0.3, -0.25) is 29.8 Å². The third kappa shape index (κ3) is 3.96. The first kappa shape index (κ1) is 24.3. The number of nitrogens with zero attached hydrogens (tertiary/aromatic N) is 2. The fourth-order valence-electron chi connectivity index (χ4n) is 5.90. The Morgan fingerprint density at radius 3 is 2.29 bits per heavy atom. The highest BCUT2D eigenvalue weighted by Crippen LogP contribution is 2.49. The molecule has 3 heterocycles. The van der Waals surface area contributed by atoms with E-state index in [-0.39, 0.29) is 31.2 Å². The Hall–Kier alpha value is -4.05. The molecule has 6 rings (SSSR count).